The van der Waals surface area contributed by atoms with Crippen LogP contribution in [0.2, 0.25) is 5.02 Å². The SMILES string of the molecule is N/C(CC(=O)Nc1ccc(I)cc1Cl)=N/O. The number of nitrogens with two attached hydrogens (primary N) is 1. The maximum absolute atomic E-state index is 11.4. The van der Waals surface area contributed by atoms with Gasteiger partial charge in [-0.05, 0) is 40.8 Å². The molecule has 0 bridgehead atoms. The summed E-state index contributed by atoms with van der Waals surface area (Å²) in [7, 11) is 0. The Hall–Kier alpha value is -1.02. The van der Waals surface area contributed by atoms with Gasteiger partial charge in [0.05, 0.1) is 17.1 Å². The number of rotatable bonds is 3. The predicted molar refractivity (Wildman–Crippen MR) is 70.8 cm³/mol. The van der Waals surface area contributed by atoms with Gasteiger partial charge in [-0.2, -0.15) is 0 Å². The summed E-state index contributed by atoms with van der Waals surface area (Å²) in [6.07, 6.45) is -0.182. The number of anilines is 1. The van der Waals surface area contributed by atoms with E-state index in [1.165, 1.54) is 0 Å². The lowest BCUT2D eigenvalue weighted by Crippen LogP contribution is -2.22. The van der Waals surface area contributed by atoms with Crippen molar-refractivity contribution in [2.75, 3.05) is 5.32 Å². The van der Waals surface area contributed by atoms with Crippen LogP contribution in [-0.2, 0) is 4.79 Å². The van der Waals surface area contributed by atoms with Crippen molar-refractivity contribution in [1.82, 2.24) is 0 Å². The summed E-state index contributed by atoms with van der Waals surface area (Å²) in [6.45, 7) is 0. The van der Waals surface area contributed by atoms with Crippen molar-refractivity contribution < 1.29 is 10.0 Å². The van der Waals surface area contributed by atoms with Crippen molar-refractivity contribution >= 4 is 51.6 Å². The fourth-order valence-corrected chi connectivity index (χ4v) is 1.89. The Balaban J connectivity index is 2.70. The average Bonchev–Trinajstić information content (AvgIpc) is 2.22. The molecule has 0 aliphatic rings. The first-order valence-corrected chi connectivity index (χ1v) is 5.70. The molecule has 0 radical (unpaired) electrons. The van der Waals surface area contributed by atoms with Gasteiger partial charge in [0.15, 0.2) is 0 Å². The number of oxime groups is 1. The zero-order valence-electron chi connectivity index (χ0n) is 8.08. The molecule has 0 aliphatic heterocycles. The van der Waals surface area contributed by atoms with Gasteiger partial charge in [0.2, 0.25) is 5.91 Å². The zero-order valence-corrected chi connectivity index (χ0v) is 11.0. The molecular formula is C9H9ClIN3O2. The third kappa shape index (κ3) is 3.86. The van der Waals surface area contributed by atoms with E-state index in [9.17, 15) is 4.79 Å². The summed E-state index contributed by atoms with van der Waals surface area (Å²) in [4.78, 5) is 11.4. The van der Waals surface area contributed by atoms with Gasteiger partial charge in [0.25, 0.3) is 0 Å². The third-order valence-corrected chi connectivity index (χ3v) is 2.66. The Kier molecular flexibility index (Phi) is 4.81. The van der Waals surface area contributed by atoms with E-state index in [1.807, 2.05) is 6.07 Å². The number of carbonyl (C=O) groups is 1. The van der Waals surface area contributed by atoms with Gasteiger partial charge in [-0.1, -0.05) is 16.8 Å². The Morgan fingerprint density at radius 2 is 2.31 bits per heavy atom. The fourth-order valence-electron chi connectivity index (χ4n) is 0.985. The van der Waals surface area contributed by atoms with Crippen LogP contribution >= 0.6 is 34.2 Å². The van der Waals surface area contributed by atoms with Crippen LogP contribution in [0.3, 0.4) is 0 Å². The van der Waals surface area contributed by atoms with Crippen LogP contribution < -0.4 is 11.1 Å². The summed E-state index contributed by atoms with van der Waals surface area (Å²) in [5.74, 6) is -0.544. The molecule has 0 saturated carbocycles. The Bertz CT molecular complexity index is 437. The second-order valence-corrected chi connectivity index (χ2v) is 4.59. The van der Waals surface area contributed by atoms with Crippen molar-refractivity contribution in [3.8, 4) is 0 Å². The highest BCUT2D eigenvalue weighted by atomic mass is 127. The van der Waals surface area contributed by atoms with E-state index in [4.69, 9.17) is 22.5 Å². The summed E-state index contributed by atoms with van der Waals surface area (Å²) >= 11 is 8.03. The van der Waals surface area contributed by atoms with Crippen LogP contribution in [0.4, 0.5) is 5.69 Å². The number of carbonyl (C=O) groups excluding carboxylic acids is 1. The second-order valence-electron chi connectivity index (χ2n) is 2.94. The van der Waals surface area contributed by atoms with Crippen LogP contribution in [0.1, 0.15) is 6.42 Å². The normalized spacial score (nSPS) is 11.2. The van der Waals surface area contributed by atoms with Crippen LogP contribution in [0, 0.1) is 3.57 Å². The lowest BCUT2D eigenvalue weighted by atomic mass is 10.3. The highest BCUT2D eigenvalue weighted by Gasteiger charge is 2.08. The molecule has 0 atom stereocenters. The molecule has 0 spiro atoms. The molecule has 86 valence electrons. The minimum Gasteiger partial charge on any atom is -0.409 e. The molecule has 1 aromatic carbocycles. The van der Waals surface area contributed by atoms with Gasteiger partial charge in [0.1, 0.15) is 5.84 Å². The monoisotopic (exact) mass is 353 g/mol. The van der Waals surface area contributed by atoms with Crippen molar-refractivity contribution in [3.05, 3.63) is 26.8 Å². The van der Waals surface area contributed by atoms with Gasteiger partial charge >= 0.3 is 0 Å². The second kappa shape index (κ2) is 5.90. The quantitative estimate of drug-likeness (QED) is 0.255. The topological polar surface area (TPSA) is 87.7 Å². The van der Waals surface area contributed by atoms with Gasteiger partial charge < -0.3 is 16.3 Å². The number of amides is 1. The standard InChI is InChI=1S/C9H9ClIN3O2/c10-6-3-5(11)1-2-7(6)13-9(15)4-8(12)14-16/h1-3,16H,4H2,(H2,12,14)(H,13,15). The van der Waals surface area contributed by atoms with E-state index >= 15 is 0 Å². The van der Waals surface area contributed by atoms with E-state index < -0.39 is 5.91 Å². The first-order valence-electron chi connectivity index (χ1n) is 4.24. The lowest BCUT2D eigenvalue weighted by Gasteiger charge is -2.06. The first kappa shape index (κ1) is 13.0. The third-order valence-electron chi connectivity index (χ3n) is 1.68. The van der Waals surface area contributed by atoms with Gasteiger partial charge in [-0.15, -0.1) is 0 Å². The largest absolute Gasteiger partial charge is 0.409 e. The summed E-state index contributed by atoms with van der Waals surface area (Å²) in [6, 6.07) is 5.22. The van der Waals surface area contributed by atoms with E-state index in [0.717, 1.165) is 3.57 Å². The van der Waals surface area contributed by atoms with Crippen LogP contribution in [0.25, 0.3) is 0 Å². The molecule has 7 heteroatoms. The molecule has 0 unspecified atom stereocenters. The molecule has 0 heterocycles. The lowest BCUT2D eigenvalue weighted by molar-refractivity contribution is -0.115. The predicted octanol–water partition coefficient (Wildman–Crippen LogP) is 2.02. The summed E-state index contributed by atoms with van der Waals surface area (Å²) in [5, 5.41) is 14.0. The van der Waals surface area contributed by atoms with Crippen molar-refractivity contribution in [2.45, 2.75) is 6.42 Å². The minimum absolute atomic E-state index is 0.154. The number of benzene rings is 1. The van der Waals surface area contributed by atoms with E-state index in [0.29, 0.717) is 10.7 Å². The zero-order chi connectivity index (χ0) is 12.1. The number of hydrogen-bond donors (Lipinski definition) is 3. The van der Waals surface area contributed by atoms with E-state index in [1.54, 1.807) is 12.1 Å². The van der Waals surface area contributed by atoms with Crippen LogP contribution in [0.5, 0.6) is 0 Å². The fraction of sp³-hybridized carbons (Fsp3) is 0.111. The Morgan fingerprint density at radius 3 is 2.88 bits per heavy atom. The number of nitrogens with zero attached hydrogens (tertiary/aromatic N) is 1. The average molecular weight is 354 g/mol. The molecule has 1 aromatic rings. The highest BCUT2D eigenvalue weighted by molar-refractivity contribution is 14.1. The minimum atomic E-state index is -0.390. The van der Waals surface area contributed by atoms with Crippen molar-refractivity contribution in [1.29, 1.82) is 0 Å². The summed E-state index contributed by atoms with van der Waals surface area (Å²) in [5.41, 5.74) is 5.69. The number of halogens is 2. The summed E-state index contributed by atoms with van der Waals surface area (Å²) < 4.78 is 0.969. The molecule has 1 amide bonds. The Labute approximate surface area is 111 Å². The number of hydrogen-bond acceptors (Lipinski definition) is 3. The molecular weight excluding hydrogens is 344 g/mol. The molecule has 0 saturated heterocycles. The molecule has 1 rings (SSSR count). The van der Waals surface area contributed by atoms with Crippen LogP contribution in [0.15, 0.2) is 23.4 Å². The Morgan fingerprint density at radius 1 is 1.62 bits per heavy atom. The van der Waals surface area contributed by atoms with E-state index in [-0.39, 0.29) is 12.3 Å². The molecule has 16 heavy (non-hydrogen) atoms. The molecule has 4 N–H and O–H groups in total. The molecule has 5 nitrogen and oxygen atoms in total. The first-order chi connectivity index (χ1) is 7.52. The number of amidine groups is 1. The van der Waals surface area contributed by atoms with Crippen molar-refractivity contribution in [2.24, 2.45) is 10.9 Å². The molecule has 0 fully saturated rings. The van der Waals surface area contributed by atoms with Crippen LogP contribution in [-0.4, -0.2) is 17.0 Å². The molecule has 0 aromatic heterocycles. The van der Waals surface area contributed by atoms with E-state index in [2.05, 4.69) is 33.1 Å². The van der Waals surface area contributed by atoms with Gasteiger partial charge in [-0.25, -0.2) is 0 Å². The molecule has 0 aliphatic carbocycles. The highest BCUT2D eigenvalue weighted by Crippen LogP contribution is 2.23. The van der Waals surface area contributed by atoms with Crippen molar-refractivity contribution in [3.63, 3.8) is 0 Å². The number of nitrogens with one attached hydrogen (secondary N) is 1. The maximum atomic E-state index is 11.4. The van der Waals surface area contributed by atoms with Gasteiger partial charge in [-0.3, -0.25) is 4.79 Å². The smallest absolute Gasteiger partial charge is 0.232 e. The maximum Gasteiger partial charge on any atom is 0.232 e. The van der Waals surface area contributed by atoms with Gasteiger partial charge in [0, 0.05) is 3.57 Å².